The van der Waals surface area contributed by atoms with Gasteiger partial charge in [0.05, 0.1) is 0 Å². The number of rotatable bonds is 4. The Morgan fingerprint density at radius 2 is 1.96 bits per heavy atom. The minimum Gasteiger partial charge on any atom is -0.336 e. The molecule has 0 atom stereocenters. The number of hydrogen-bond acceptors (Lipinski definition) is 5. The van der Waals surface area contributed by atoms with E-state index < -0.39 is 0 Å². The van der Waals surface area contributed by atoms with Gasteiger partial charge in [0.1, 0.15) is 0 Å². The van der Waals surface area contributed by atoms with Gasteiger partial charge in [-0.1, -0.05) is 0 Å². The number of nitrogens with zero attached hydrogens (tertiary/aromatic N) is 2. The van der Waals surface area contributed by atoms with E-state index in [1.54, 1.807) is 11.8 Å². The van der Waals surface area contributed by atoms with Crippen molar-refractivity contribution in [2.45, 2.75) is 18.6 Å². The van der Waals surface area contributed by atoms with Crippen LogP contribution in [-0.4, -0.2) is 65.7 Å². The average molecular weight is 423 g/mol. The van der Waals surface area contributed by atoms with Crippen molar-refractivity contribution in [2.75, 3.05) is 45.0 Å². The van der Waals surface area contributed by atoms with Crippen LogP contribution >= 0.6 is 24.2 Å². The number of aromatic nitrogens is 1. The summed E-state index contributed by atoms with van der Waals surface area (Å²) >= 11 is 1.79. The lowest BCUT2D eigenvalue weighted by Crippen LogP contribution is -2.49. The molecular formula is C20H27ClN4O2S. The molecule has 0 spiro atoms. The van der Waals surface area contributed by atoms with Crippen molar-refractivity contribution < 1.29 is 4.79 Å². The zero-order valence-electron chi connectivity index (χ0n) is 15.9. The normalized spacial score (nSPS) is 17.2. The topological polar surface area (TPSA) is 82.4 Å². The molecule has 0 saturated carbocycles. The number of thioether (sulfide) groups is 1. The zero-order chi connectivity index (χ0) is 18.8. The van der Waals surface area contributed by atoms with Crippen molar-refractivity contribution >= 4 is 41.0 Å². The van der Waals surface area contributed by atoms with Crippen LogP contribution in [0.2, 0.25) is 0 Å². The third kappa shape index (κ3) is 4.22. The lowest BCUT2D eigenvalue weighted by molar-refractivity contribution is 0.0637. The highest BCUT2D eigenvalue weighted by Crippen LogP contribution is 2.28. The highest BCUT2D eigenvalue weighted by atomic mass is 35.5. The molecule has 2 aromatic rings. The van der Waals surface area contributed by atoms with Gasteiger partial charge in [0, 0.05) is 54.0 Å². The third-order valence-corrected chi connectivity index (χ3v) is 6.54. The number of nitrogens with one attached hydrogen (secondary N) is 1. The minimum absolute atomic E-state index is 0. The van der Waals surface area contributed by atoms with Gasteiger partial charge in [-0.25, -0.2) is 0 Å². The monoisotopic (exact) mass is 422 g/mol. The number of hydrogen-bond donors (Lipinski definition) is 2. The van der Waals surface area contributed by atoms with Crippen LogP contribution in [0.5, 0.6) is 0 Å². The lowest BCUT2D eigenvalue weighted by Gasteiger charge is -2.34. The first kappa shape index (κ1) is 21.2. The second kappa shape index (κ2) is 9.31. The van der Waals surface area contributed by atoms with Crippen molar-refractivity contribution in [3.8, 4) is 0 Å². The number of H-pyrrole nitrogens is 1. The molecule has 3 heterocycles. The van der Waals surface area contributed by atoms with E-state index >= 15 is 0 Å². The average Bonchev–Trinajstić information content (AvgIpc) is 2.72. The molecule has 152 valence electrons. The van der Waals surface area contributed by atoms with Crippen LogP contribution in [-0.2, 0) is 12.2 Å². The molecule has 1 fully saturated rings. The Bertz CT molecular complexity index is 909. The molecule has 2 aliphatic rings. The Labute approximate surface area is 175 Å². The van der Waals surface area contributed by atoms with Crippen molar-refractivity contribution in [3.05, 3.63) is 45.2 Å². The van der Waals surface area contributed by atoms with Crippen molar-refractivity contribution in [3.63, 3.8) is 0 Å². The van der Waals surface area contributed by atoms with Crippen LogP contribution in [0.1, 0.15) is 27.9 Å². The Hall–Kier alpha value is -1.54. The molecule has 0 unspecified atom stereocenters. The minimum atomic E-state index is 0. The van der Waals surface area contributed by atoms with Crippen molar-refractivity contribution in [2.24, 2.45) is 5.73 Å². The maximum Gasteiger partial charge on any atom is 0.253 e. The lowest BCUT2D eigenvalue weighted by atomic mass is 9.99. The van der Waals surface area contributed by atoms with Gasteiger partial charge in [0.25, 0.3) is 11.5 Å². The SMILES string of the molecule is Cl.NCCCN1CCN(C(=O)c2ccc3[nH]c(=O)c4c(c3c2)CCSC4)CC1. The van der Waals surface area contributed by atoms with Crippen LogP contribution in [0.25, 0.3) is 10.9 Å². The van der Waals surface area contributed by atoms with E-state index in [2.05, 4.69) is 9.88 Å². The fourth-order valence-electron chi connectivity index (χ4n) is 3.99. The largest absolute Gasteiger partial charge is 0.336 e. The summed E-state index contributed by atoms with van der Waals surface area (Å²) in [6.07, 6.45) is 1.89. The van der Waals surface area contributed by atoms with Crippen molar-refractivity contribution in [1.29, 1.82) is 0 Å². The molecule has 0 radical (unpaired) electrons. The van der Waals surface area contributed by atoms with Gasteiger partial charge in [-0.2, -0.15) is 11.8 Å². The number of aromatic amines is 1. The molecule has 1 saturated heterocycles. The third-order valence-electron chi connectivity index (χ3n) is 5.56. The Kier molecular flexibility index (Phi) is 7.04. The number of halogens is 1. The van der Waals surface area contributed by atoms with Crippen LogP contribution in [0, 0.1) is 0 Å². The molecule has 2 aliphatic heterocycles. The summed E-state index contributed by atoms with van der Waals surface area (Å²) in [4.78, 5) is 32.6. The summed E-state index contributed by atoms with van der Waals surface area (Å²) in [6.45, 7) is 5.02. The van der Waals surface area contributed by atoms with Gasteiger partial charge in [-0.05, 0) is 55.4 Å². The molecule has 1 aromatic carbocycles. The standard InChI is InChI=1S/C20H26N4O2S.ClH/c21-5-1-6-23-7-9-24(10-8-23)20(26)14-2-3-18-16(12-14)15-4-11-27-13-17(15)19(25)22-18;/h2-3,12H,1,4-11,13,21H2,(H,22,25);1H. The number of benzene rings is 1. The zero-order valence-corrected chi connectivity index (χ0v) is 17.5. The molecule has 1 amide bonds. The highest BCUT2D eigenvalue weighted by Gasteiger charge is 2.23. The highest BCUT2D eigenvalue weighted by molar-refractivity contribution is 7.98. The smallest absolute Gasteiger partial charge is 0.253 e. The molecule has 8 heteroatoms. The van der Waals surface area contributed by atoms with E-state index in [-0.39, 0.29) is 23.9 Å². The molecule has 6 nitrogen and oxygen atoms in total. The molecule has 0 bridgehead atoms. The van der Waals surface area contributed by atoms with Crippen molar-refractivity contribution in [1.82, 2.24) is 14.8 Å². The number of aryl methyl sites for hydroxylation is 1. The summed E-state index contributed by atoms with van der Waals surface area (Å²) in [5.41, 5.74) is 9.13. The number of amides is 1. The first-order valence-corrected chi connectivity index (χ1v) is 10.8. The summed E-state index contributed by atoms with van der Waals surface area (Å²) in [7, 11) is 0. The molecule has 28 heavy (non-hydrogen) atoms. The molecule has 4 rings (SSSR count). The van der Waals surface area contributed by atoms with Gasteiger partial charge >= 0.3 is 0 Å². The van der Waals surface area contributed by atoms with Crippen LogP contribution < -0.4 is 11.3 Å². The van der Waals surface area contributed by atoms with Gasteiger partial charge in [-0.3, -0.25) is 14.5 Å². The fraction of sp³-hybridized carbons (Fsp3) is 0.500. The predicted octanol–water partition coefficient (Wildman–Crippen LogP) is 1.85. The van der Waals surface area contributed by atoms with Gasteiger partial charge in [0.15, 0.2) is 0 Å². The number of pyridine rings is 1. The van der Waals surface area contributed by atoms with Crippen LogP contribution in [0.4, 0.5) is 0 Å². The summed E-state index contributed by atoms with van der Waals surface area (Å²) in [6, 6.07) is 5.69. The Balaban J connectivity index is 0.00000225. The van der Waals surface area contributed by atoms with E-state index in [9.17, 15) is 9.59 Å². The second-order valence-electron chi connectivity index (χ2n) is 7.25. The van der Waals surface area contributed by atoms with Gasteiger partial charge < -0.3 is 15.6 Å². The maximum absolute atomic E-state index is 13.0. The van der Waals surface area contributed by atoms with Gasteiger partial charge in [-0.15, -0.1) is 12.4 Å². The number of nitrogens with two attached hydrogens (primary N) is 1. The maximum atomic E-state index is 13.0. The second-order valence-corrected chi connectivity index (χ2v) is 8.36. The number of piperazine rings is 1. The van der Waals surface area contributed by atoms with E-state index in [0.717, 1.165) is 79.1 Å². The van der Waals surface area contributed by atoms with Crippen LogP contribution in [0.3, 0.4) is 0 Å². The molecule has 3 N–H and O–H groups in total. The van der Waals surface area contributed by atoms with Gasteiger partial charge in [0.2, 0.25) is 0 Å². The number of fused-ring (bicyclic) bond motifs is 3. The molecule has 0 aliphatic carbocycles. The Morgan fingerprint density at radius 1 is 1.18 bits per heavy atom. The summed E-state index contributed by atoms with van der Waals surface area (Å²) in [5, 5.41) is 1.03. The van der Waals surface area contributed by atoms with E-state index in [4.69, 9.17) is 5.73 Å². The van der Waals surface area contributed by atoms with E-state index in [0.29, 0.717) is 12.1 Å². The quantitative estimate of drug-likeness (QED) is 0.785. The summed E-state index contributed by atoms with van der Waals surface area (Å²) < 4.78 is 0. The van der Waals surface area contributed by atoms with Crippen LogP contribution in [0.15, 0.2) is 23.0 Å². The Morgan fingerprint density at radius 3 is 2.71 bits per heavy atom. The number of carbonyl (C=O) groups is 1. The predicted molar refractivity (Wildman–Crippen MR) is 118 cm³/mol. The fourth-order valence-corrected chi connectivity index (χ4v) is 4.99. The van der Waals surface area contributed by atoms with E-state index in [1.807, 2.05) is 23.1 Å². The van der Waals surface area contributed by atoms with E-state index in [1.165, 1.54) is 0 Å². The first-order chi connectivity index (χ1) is 13.2. The first-order valence-electron chi connectivity index (χ1n) is 9.64. The molecule has 1 aromatic heterocycles. The summed E-state index contributed by atoms with van der Waals surface area (Å²) in [5.74, 6) is 1.86. The number of carbonyl (C=O) groups excluding carboxylic acids is 1. The molecular weight excluding hydrogens is 396 g/mol.